The van der Waals surface area contributed by atoms with Crippen LogP contribution in [0.25, 0.3) is 0 Å². The van der Waals surface area contributed by atoms with Crippen molar-refractivity contribution in [3.8, 4) is 11.5 Å². The van der Waals surface area contributed by atoms with Crippen LogP contribution in [0, 0.1) is 0 Å². The van der Waals surface area contributed by atoms with E-state index in [0.29, 0.717) is 34.6 Å². The number of aliphatic imine (C=N–C) groups is 2. The monoisotopic (exact) mass is 466 g/mol. The minimum atomic E-state index is -0.523. The van der Waals surface area contributed by atoms with Crippen molar-refractivity contribution in [1.29, 1.82) is 0 Å². The van der Waals surface area contributed by atoms with Gasteiger partial charge in [-0.25, -0.2) is 9.89 Å². The van der Waals surface area contributed by atoms with E-state index in [4.69, 9.17) is 19.5 Å². The molecule has 8 nitrogen and oxygen atoms in total. The summed E-state index contributed by atoms with van der Waals surface area (Å²) in [6.45, 7) is 3.81. The van der Waals surface area contributed by atoms with E-state index in [9.17, 15) is 9.59 Å². The van der Waals surface area contributed by atoms with E-state index in [1.54, 1.807) is 44.2 Å². The molecule has 0 saturated carbocycles. The lowest BCUT2D eigenvalue weighted by Crippen LogP contribution is -2.42. The molecule has 1 N–H and O–H groups in total. The summed E-state index contributed by atoms with van der Waals surface area (Å²) >= 11 is 1.23. The highest BCUT2D eigenvalue weighted by Crippen LogP contribution is 2.35. The van der Waals surface area contributed by atoms with Gasteiger partial charge in [0.2, 0.25) is 5.91 Å². The summed E-state index contributed by atoms with van der Waals surface area (Å²) in [4.78, 5) is 37.1. The van der Waals surface area contributed by atoms with Crippen molar-refractivity contribution in [2.45, 2.75) is 38.0 Å². The minimum absolute atomic E-state index is 0.0993. The van der Waals surface area contributed by atoms with Gasteiger partial charge in [0.05, 0.1) is 25.2 Å². The maximum absolute atomic E-state index is 13.1. The molecule has 0 aromatic heterocycles. The number of methoxy groups -OCH3 is 2. The number of para-hydroxylation sites is 1. The average molecular weight is 467 g/mol. The second kappa shape index (κ2) is 9.66. The summed E-state index contributed by atoms with van der Waals surface area (Å²) in [5.41, 5.74) is 2.13. The van der Waals surface area contributed by atoms with Crippen molar-refractivity contribution in [3.63, 3.8) is 0 Å². The van der Waals surface area contributed by atoms with Gasteiger partial charge in [-0.15, -0.1) is 0 Å². The SMILES string of the molecule is CCC[C@H]1N=C2c3ccccc3N=C(S[C@H](C)C(=O)Nc3cc(OC)cc(OC)c3)N2C1=O. The summed E-state index contributed by atoms with van der Waals surface area (Å²) in [5, 5.41) is 2.83. The Morgan fingerprint density at radius 3 is 2.55 bits per heavy atom. The minimum Gasteiger partial charge on any atom is -0.497 e. The fraction of sp³-hybridized carbons (Fsp3) is 0.333. The number of fused-ring (bicyclic) bond motifs is 3. The number of nitrogens with one attached hydrogen (secondary N) is 1. The maximum Gasteiger partial charge on any atom is 0.259 e. The van der Waals surface area contributed by atoms with Crippen LogP contribution in [-0.4, -0.2) is 53.2 Å². The molecule has 0 spiro atoms. The molecular weight excluding hydrogens is 440 g/mol. The molecule has 33 heavy (non-hydrogen) atoms. The molecule has 2 aliphatic rings. The van der Waals surface area contributed by atoms with Crippen LogP contribution < -0.4 is 14.8 Å². The third kappa shape index (κ3) is 4.59. The number of amidine groups is 2. The quantitative estimate of drug-likeness (QED) is 0.660. The summed E-state index contributed by atoms with van der Waals surface area (Å²) < 4.78 is 10.5. The fourth-order valence-electron chi connectivity index (χ4n) is 3.68. The van der Waals surface area contributed by atoms with E-state index in [1.165, 1.54) is 11.8 Å². The van der Waals surface area contributed by atoms with E-state index in [1.807, 2.05) is 31.2 Å². The Morgan fingerprint density at radius 2 is 1.88 bits per heavy atom. The second-order valence-corrected chi connectivity index (χ2v) is 9.00. The predicted octanol–water partition coefficient (Wildman–Crippen LogP) is 4.22. The molecule has 4 rings (SSSR count). The van der Waals surface area contributed by atoms with Gasteiger partial charge in [0.25, 0.3) is 5.91 Å². The molecule has 2 aromatic rings. The number of ether oxygens (including phenoxy) is 2. The number of amides is 2. The van der Waals surface area contributed by atoms with E-state index in [-0.39, 0.29) is 11.8 Å². The number of hydrogen-bond donors (Lipinski definition) is 1. The molecule has 9 heteroatoms. The van der Waals surface area contributed by atoms with Gasteiger partial charge < -0.3 is 14.8 Å². The zero-order valence-corrected chi connectivity index (χ0v) is 19.8. The first kappa shape index (κ1) is 22.8. The maximum atomic E-state index is 13.1. The Kier molecular flexibility index (Phi) is 6.69. The molecule has 172 valence electrons. The van der Waals surface area contributed by atoms with Crippen molar-refractivity contribution in [1.82, 2.24) is 4.90 Å². The van der Waals surface area contributed by atoms with Gasteiger partial charge in [-0.2, -0.15) is 0 Å². The summed E-state index contributed by atoms with van der Waals surface area (Å²) in [6.07, 6.45) is 1.53. The van der Waals surface area contributed by atoms with Crippen LogP contribution in [-0.2, 0) is 9.59 Å². The lowest BCUT2D eigenvalue weighted by molar-refractivity contribution is -0.124. The van der Waals surface area contributed by atoms with Crippen LogP contribution >= 0.6 is 11.8 Å². The first-order valence-corrected chi connectivity index (χ1v) is 11.6. The van der Waals surface area contributed by atoms with Crippen LogP contribution in [0.1, 0.15) is 32.3 Å². The second-order valence-electron chi connectivity index (χ2n) is 7.69. The van der Waals surface area contributed by atoms with Crippen molar-refractivity contribution >= 4 is 46.0 Å². The highest BCUT2D eigenvalue weighted by molar-refractivity contribution is 8.15. The molecule has 0 unspecified atom stereocenters. The van der Waals surface area contributed by atoms with Crippen LogP contribution in [0.3, 0.4) is 0 Å². The van der Waals surface area contributed by atoms with Crippen LogP contribution in [0.15, 0.2) is 52.4 Å². The Morgan fingerprint density at radius 1 is 1.18 bits per heavy atom. The van der Waals surface area contributed by atoms with Crippen molar-refractivity contribution in [2.24, 2.45) is 9.98 Å². The van der Waals surface area contributed by atoms with Gasteiger partial charge in [-0.1, -0.05) is 37.2 Å². The standard InChI is InChI=1S/C24H26N4O4S/c1-5-8-20-23(30)28-21(26-20)18-9-6-7-10-19(18)27-24(28)33-14(2)22(29)25-15-11-16(31-3)13-17(12-15)32-4/h6-7,9-14,20H,5,8H2,1-4H3,(H,25,29)/t14-,20-/m1/s1. The van der Waals surface area contributed by atoms with E-state index >= 15 is 0 Å². The summed E-state index contributed by atoms with van der Waals surface area (Å²) in [5.74, 6) is 1.42. The zero-order valence-electron chi connectivity index (χ0n) is 19.0. The number of thioether (sulfide) groups is 1. The Hall–Kier alpha value is -3.33. The number of nitrogens with zero attached hydrogens (tertiary/aromatic N) is 3. The van der Waals surface area contributed by atoms with Gasteiger partial charge in [-0.05, 0) is 25.5 Å². The largest absolute Gasteiger partial charge is 0.497 e. The molecule has 2 aliphatic heterocycles. The lowest BCUT2D eigenvalue weighted by atomic mass is 10.1. The van der Waals surface area contributed by atoms with Crippen LogP contribution in [0.4, 0.5) is 11.4 Å². The average Bonchev–Trinajstić information content (AvgIpc) is 3.15. The first-order chi connectivity index (χ1) is 15.9. The van der Waals surface area contributed by atoms with Gasteiger partial charge in [0, 0.05) is 29.4 Å². The fourth-order valence-corrected chi connectivity index (χ4v) is 4.59. The number of rotatable bonds is 7. The first-order valence-electron chi connectivity index (χ1n) is 10.8. The van der Waals surface area contributed by atoms with Gasteiger partial charge in [0.1, 0.15) is 23.4 Å². The molecule has 0 fully saturated rings. The third-order valence-corrected chi connectivity index (χ3v) is 6.43. The molecule has 2 atom stereocenters. The van der Waals surface area contributed by atoms with E-state index in [2.05, 4.69) is 5.32 Å². The summed E-state index contributed by atoms with van der Waals surface area (Å²) in [6, 6.07) is 12.4. The normalized spacial score (nSPS) is 17.5. The molecular formula is C24H26N4O4S. The number of benzene rings is 2. The number of anilines is 1. The zero-order chi connectivity index (χ0) is 23.5. The smallest absolute Gasteiger partial charge is 0.259 e. The molecule has 0 bridgehead atoms. The van der Waals surface area contributed by atoms with E-state index in [0.717, 1.165) is 17.7 Å². The third-order valence-electron chi connectivity index (χ3n) is 5.38. The Bertz CT molecular complexity index is 1120. The Balaban J connectivity index is 1.57. The number of carbonyl (C=O) groups is 2. The predicted molar refractivity (Wildman–Crippen MR) is 131 cm³/mol. The molecule has 2 amide bonds. The van der Waals surface area contributed by atoms with Crippen LogP contribution in [0.2, 0.25) is 0 Å². The highest BCUT2D eigenvalue weighted by Gasteiger charge is 2.41. The van der Waals surface area contributed by atoms with Crippen molar-refractivity contribution in [3.05, 3.63) is 48.0 Å². The van der Waals surface area contributed by atoms with Crippen LogP contribution in [0.5, 0.6) is 11.5 Å². The number of hydrogen-bond acceptors (Lipinski definition) is 7. The molecule has 2 aromatic carbocycles. The van der Waals surface area contributed by atoms with Crippen molar-refractivity contribution < 1.29 is 19.1 Å². The van der Waals surface area contributed by atoms with Gasteiger partial charge >= 0.3 is 0 Å². The number of carbonyl (C=O) groups excluding carboxylic acids is 2. The van der Waals surface area contributed by atoms with Gasteiger partial charge in [0.15, 0.2) is 5.17 Å². The topological polar surface area (TPSA) is 92.6 Å². The molecule has 2 heterocycles. The highest BCUT2D eigenvalue weighted by atomic mass is 32.2. The molecule has 0 radical (unpaired) electrons. The molecule has 0 aliphatic carbocycles. The lowest BCUT2D eigenvalue weighted by Gasteiger charge is -2.27. The van der Waals surface area contributed by atoms with Crippen molar-refractivity contribution in [2.75, 3.05) is 19.5 Å². The molecule has 0 saturated heterocycles. The summed E-state index contributed by atoms with van der Waals surface area (Å²) in [7, 11) is 3.10. The van der Waals surface area contributed by atoms with E-state index < -0.39 is 11.3 Å². The Labute approximate surface area is 197 Å². The van der Waals surface area contributed by atoms with Gasteiger partial charge in [-0.3, -0.25) is 14.6 Å².